The minimum absolute atomic E-state index is 0.00771. The summed E-state index contributed by atoms with van der Waals surface area (Å²) in [6.45, 7) is 0. The van der Waals surface area contributed by atoms with Crippen molar-refractivity contribution in [1.82, 2.24) is 0 Å². The molecule has 3 rings (SSSR count). The second-order valence-electron chi connectivity index (χ2n) is 5.50. The summed E-state index contributed by atoms with van der Waals surface area (Å²) in [5, 5.41) is 3.15. The van der Waals surface area contributed by atoms with Crippen LogP contribution in [0.2, 0.25) is 5.02 Å². The zero-order valence-electron chi connectivity index (χ0n) is 13.2. The van der Waals surface area contributed by atoms with Crippen molar-refractivity contribution in [2.75, 3.05) is 11.6 Å². The van der Waals surface area contributed by atoms with Crippen molar-refractivity contribution in [1.29, 1.82) is 0 Å². The molecule has 0 saturated carbocycles. The van der Waals surface area contributed by atoms with Gasteiger partial charge in [0.2, 0.25) is 0 Å². The number of sulfone groups is 1. The maximum Gasteiger partial charge on any atom is 0.349 e. The van der Waals surface area contributed by atoms with Crippen LogP contribution in [-0.2, 0) is 9.84 Å². The monoisotopic (exact) mass is 455 g/mol. The second kappa shape index (κ2) is 6.86. The van der Waals surface area contributed by atoms with E-state index in [9.17, 15) is 18.0 Å². The Kier molecular flexibility index (Phi) is 4.92. The quantitative estimate of drug-likeness (QED) is 0.604. The lowest BCUT2D eigenvalue weighted by Gasteiger charge is -2.09. The summed E-state index contributed by atoms with van der Waals surface area (Å²) in [6, 6.07) is 10.3. The molecular weight excluding hydrogens is 446 g/mol. The van der Waals surface area contributed by atoms with Crippen molar-refractivity contribution in [2.45, 2.75) is 4.90 Å². The van der Waals surface area contributed by atoms with E-state index in [1.54, 1.807) is 18.2 Å². The molecule has 2 aromatic carbocycles. The highest BCUT2D eigenvalue weighted by molar-refractivity contribution is 9.10. The molecule has 0 aliphatic rings. The number of hydrogen-bond donors (Lipinski definition) is 1. The summed E-state index contributed by atoms with van der Waals surface area (Å²) < 4.78 is 29.2. The van der Waals surface area contributed by atoms with E-state index in [1.807, 2.05) is 0 Å². The minimum Gasteiger partial charge on any atom is -0.422 e. The SMILES string of the molecule is CS(=O)(=O)c1ccc(Cl)c(NC(=O)c2cc3cc(Br)ccc3oc2=O)c1. The summed E-state index contributed by atoms with van der Waals surface area (Å²) in [5.41, 5.74) is -0.621. The van der Waals surface area contributed by atoms with E-state index in [1.165, 1.54) is 24.3 Å². The summed E-state index contributed by atoms with van der Waals surface area (Å²) in [6.07, 6.45) is 1.04. The van der Waals surface area contributed by atoms with Crippen molar-refractivity contribution in [2.24, 2.45) is 0 Å². The van der Waals surface area contributed by atoms with Crippen LogP contribution in [0.5, 0.6) is 0 Å². The number of benzene rings is 2. The molecule has 0 saturated heterocycles. The van der Waals surface area contributed by atoms with E-state index in [0.29, 0.717) is 11.0 Å². The van der Waals surface area contributed by atoms with Gasteiger partial charge >= 0.3 is 5.63 Å². The van der Waals surface area contributed by atoms with E-state index >= 15 is 0 Å². The van der Waals surface area contributed by atoms with E-state index in [-0.39, 0.29) is 21.2 Å². The smallest absolute Gasteiger partial charge is 0.349 e. The fraction of sp³-hybridized carbons (Fsp3) is 0.0588. The third kappa shape index (κ3) is 3.82. The Morgan fingerprint density at radius 1 is 1.15 bits per heavy atom. The second-order valence-corrected chi connectivity index (χ2v) is 8.84. The number of fused-ring (bicyclic) bond motifs is 1. The third-order valence-electron chi connectivity index (χ3n) is 3.55. The summed E-state index contributed by atoms with van der Waals surface area (Å²) in [7, 11) is -3.48. The first kappa shape index (κ1) is 18.6. The molecule has 0 unspecified atom stereocenters. The Morgan fingerprint density at radius 2 is 1.88 bits per heavy atom. The van der Waals surface area contributed by atoms with Crippen LogP contribution in [-0.4, -0.2) is 20.6 Å². The van der Waals surface area contributed by atoms with Gasteiger partial charge in [0, 0.05) is 16.1 Å². The Hall–Kier alpha value is -2.16. The van der Waals surface area contributed by atoms with Crippen molar-refractivity contribution < 1.29 is 17.6 Å². The molecule has 0 aliphatic heterocycles. The molecule has 6 nitrogen and oxygen atoms in total. The fourth-order valence-corrected chi connectivity index (χ4v) is 3.46. The van der Waals surface area contributed by atoms with Crippen molar-refractivity contribution >= 4 is 59.9 Å². The third-order valence-corrected chi connectivity index (χ3v) is 5.49. The van der Waals surface area contributed by atoms with Gasteiger partial charge in [0.05, 0.1) is 15.6 Å². The van der Waals surface area contributed by atoms with Crippen LogP contribution in [0.3, 0.4) is 0 Å². The summed E-state index contributed by atoms with van der Waals surface area (Å²) in [5.74, 6) is -0.756. The normalized spacial score (nSPS) is 11.5. The van der Waals surface area contributed by atoms with Gasteiger partial charge in [0.1, 0.15) is 11.1 Å². The molecule has 26 heavy (non-hydrogen) atoms. The van der Waals surface area contributed by atoms with E-state index in [0.717, 1.165) is 10.7 Å². The largest absolute Gasteiger partial charge is 0.422 e. The first-order valence-electron chi connectivity index (χ1n) is 7.19. The van der Waals surface area contributed by atoms with Gasteiger partial charge < -0.3 is 9.73 Å². The predicted molar refractivity (Wildman–Crippen MR) is 103 cm³/mol. The maximum absolute atomic E-state index is 12.5. The molecule has 0 aliphatic carbocycles. The number of anilines is 1. The van der Waals surface area contributed by atoms with Gasteiger partial charge in [-0.25, -0.2) is 13.2 Å². The zero-order valence-corrected chi connectivity index (χ0v) is 16.4. The van der Waals surface area contributed by atoms with Crippen molar-refractivity contribution in [3.8, 4) is 0 Å². The molecule has 0 spiro atoms. The molecule has 0 fully saturated rings. The van der Waals surface area contributed by atoms with E-state index in [2.05, 4.69) is 21.2 Å². The lowest BCUT2D eigenvalue weighted by molar-refractivity contribution is 0.102. The minimum atomic E-state index is -3.48. The number of amides is 1. The van der Waals surface area contributed by atoms with Crippen LogP contribution in [0.25, 0.3) is 11.0 Å². The maximum atomic E-state index is 12.5. The molecule has 1 N–H and O–H groups in total. The molecule has 1 heterocycles. The molecule has 9 heteroatoms. The number of carbonyl (C=O) groups is 1. The van der Waals surface area contributed by atoms with Crippen molar-refractivity contribution in [3.05, 3.63) is 67.9 Å². The summed E-state index contributed by atoms with van der Waals surface area (Å²) in [4.78, 5) is 24.6. The number of hydrogen-bond acceptors (Lipinski definition) is 5. The molecule has 134 valence electrons. The average molecular weight is 457 g/mol. The number of rotatable bonds is 3. The fourth-order valence-electron chi connectivity index (χ4n) is 2.27. The Morgan fingerprint density at radius 3 is 2.58 bits per heavy atom. The highest BCUT2D eigenvalue weighted by Gasteiger charge is 2.17. The zero-order chi connectivity index (χ0) is 19.1. The van der Waals surface area contributed by atoms with E-state index < -0.39 is 21.4 Å². The van der Waals surface area contributed by atoms with Gasteiger partial charge in [-0.15, -0.1) is 0 Å². The molecule has 0 atom stereocenters. The van der Waals surface area contributed by atoms with Gasteiger partial charge in [-0.3, -0.25) is 4.79 Å². The molecule has 0 bridgehead atoms. The molecule has 1 amide bonds. The number of nitrogens with one attached hydrogen (secondary N) is 1. The van der Waals surface area contributed by atoms with Gasteiger partial charge in [0.15, 0.2) is 9.84 Å². The number of carbonyl (C=O) groups excluding carboxylic acids is 1. The lowest BCUT2D eigenvalue weighted by Crippen LogP contribution is -2.21. The highest BCUT2D eigenvalue weighted by Crippen LogP contribution is 2.26. The summed E-state index contributed by atoms with van der Waals surface area (Å²) >= 11 is 9.32. The van der Waals surface area contributed by atoms with Gasteiger partial charge in [-0.05, 0) is 42.5 Å². The molecule has 1 aromatic heterocycles. The van der Waals surface area contributed by atoms with Gasteiger partial charge in [-0.2, -0.15) is 0 Å². The van der Waals surface area contributed by atoms with Crippen LogP contribution in [0.15, 0.2) is 61.0 Å². The topological polar surface area (TPSA) is 93.4 Å². The molecule has 0 radical (unpaired) electrons. The van der Waals surface area contributed by atoms with Crippen LogP contribution >= 0.6 is 27.5 Å². The Bertz CT molecular complexity index is 1200. The Balaban J connectivity index is 2.02. The van der Waals surface area contributed by atoms with E-state index in [4.69, 9.17) is 16.0 Å². The molecular formula is C17H11BrClNO5S. The predicted octanol–water partition coefficient (Wildman–Crippen LogP) is 3.86. The van der Waals surface area contributed by atoms with Crippen LogP contribution < -0.4 is 10.9 Å². The van der Waals surface area contributed by atoms with Gasteiger partial charge in [0.25, 0.3) is 5.91 Å². The molecule has 3 aromatic rings. The van der Waals surface area contributed by atoms with Crippen LogP contribution in [0.1, 0.15) is 10.4 Å². The lowest BCUT2D eigenvalue weighted by atomic mass is 10.1. The Labute approximate surface area is 161 Å². The first-order valence-corrected chi connectivity index (χ1v) is 10.3. The van der Waals surface area contributed by atoms with Crippen molar-refractivity contribution in [3.63, 3.8) is 0 Å². The van der Waals surface area contributed by atoms with Gasteiger partial charge in [-0.1, -0.05) is 27.5 Å². The van der Waals surface area contributed by atoms with Crippen LogP contribution in [0, 0.1) is 0 Å². The first-order chi connectivity index (χ1) is 12.1. The highest BCUT2D eigenvalue weighted by atomic mass is 79.9. The number of halogens is 2. The standard InChI is InChI=1S/C17H11BrClNO5S/c1-26(23,24)11-3-4-13(19)14(8-11)20-16(21)12-7-9-6-10(18)2-5-15(9)25-17(12)22/h2-8H,1H3,(H,20,21). The average Bonchev–Trinajstić information content (AvgIpc) is 2.55. The van der Waals surface area contributed by atoms with Crippen LogP contribution in [0.4, 0.5) is 5.69 Å².